The topological polar surface area (TPSA) is 59.8 Å². The molecular weight excluding hydrogens is 270 g/mol. The van der Waals surface area contributed by atoms with E-state index in [0.717, 1.165) is 0 Å². The zero-order chi connectivity index (χ0) is 15.0. The molecule has 1 fully saturated rings. The van der Waals surface area contributed by atoms with Crippen LogP contribution in [0.4, 0.5) is 0 Å². The maximum atomic E-state index is 12.5. The minimum Gasteiger partial charge on any atom is -0.417 e. The third-order valence-electron chi connectivity index (χ3n) is 3.59. The second kappa shape index (κ2) is 5.33. The monoisotopic (exact) mass is 287 g/mol. The smallest absolute Gasteiger partial charge is 0.344 e. The molecule has 110 valence electrons. The lowest BCUT2D eigenvalue weighted by atomic mass is 10.1. The van der Waals surface area contributed by atoms with Crippen molar-refractivity contribution in [3.05, 3.63) is 46.5 Å². The zero-order valence-electron chi connectivity index (χ0n) is 12.0. The van der Waals surface area contributed by atoms with E-state index in [4.69, 9.17) is 9.15 Å². The molecule has 1 aliphatic heterocycles. The third-order valence-corrected chi connectivity index (χ3v) is 3.59. The van der Waals surface area contributed by atoms with E-state index in [1.54, 1.807) is 29.2 Å². The molecule has 0 N–H and O–H groups in total. The lowest BCUT2D eigenvalue weighted by Gasteiger charge is -2.34. The Bertz CT molecular complexity index is 726. The van der Waals surface area contributed by atoms with Crippen LogP contribution in [-0.4, -0.2) is 36.1 Å². The Hall–Kier alpha value is -2.14. The Labute approximate surface area is 122 Å². The number of carbonyl (C=O) groups excluding carboxylic acids is 1. The largest absolute Gasteiger partial charge is 0.417 e. The van der Waals surface area contributed by atoms with Crippen molar-refractivity contribution in [1.29, 1.82) is 0 Å². The minimum atomic E-state index is -0.481. The molecule has 21 heavy (non-hydrogen) atoms. The second-order valence-electron chi connectivity index (χ2n) is 5.45. The first-order valence-electron chi connectivity index (χ1n) is 7.02. The lowest BCUT2D eigenvalue weighted by Crippen LogP contribution is -2.48. The normalized spacial score (nSPS) is 22.5. The summed E-state index contributed by atoms with van der Waals surface area (Å²) in [5, 5.41) is 1.20. The number of carbonyl (C=O) groups is 1. The fourth-order valence-corrected chi connectivity index (χ4v) is 2.74. The molecule has 0 aliphatic carbocycles. The van der Waals surface area contributed by atoms with E-state index >= 15 is 0 Å². The highest BCUT2D eigenvalue weighted by Gasteiger charge is 2.28. The molecule has 0 spiro atoms. The molecule has 0 saturated carbocycles. The Morgan fingerprint density at radius 3 is 2.57 bits per heavy atom. The molecule has 5 nitrogen and oxygen atoms in total. The highest BCUT2D eigenvalue weighted by atomic mass is 16.5. The number of amides is 1. The highest BCUT2D eigenvalue weighted by Crippen LogP contribution is 2.16. The van der Waals surface area contributed by atoms with Crippen LogP contribution in [0.3, 0.4) is 0 Å². The summed E-state index contributed by atoms with van der Waals surface area (Å²) in [5.41, 5.74) is -0.481. The number of hydrogen-bond donors (Lipinski definition) is 0. The first kappa shape index (κ1) is 13.8. The van der Waals surface area contributed by atoms with Gasteiger partial charge < -0.3 is 14.1 Å². The lowest BCUT2D eigenvalue weighted by molar-refractivity contribution is -0.0593. The fraction of sp³-hybridized carbons (Fsp3) is 0.375. The molecule has 1 aromatic heterocycles. The molecule has 2 aromatic rings. The highest BCUT2D eigenvalue weighted by molar-refractivity contribution is 5.95. The van der Waals surface area contributed by atoms with Crippen LogP contribution in [0.5, 0.6) is 0 Å². The average Bonchev–Trinajstić information content (AvgIpc) is 2.45. The van der Waals surface area contributed by atoms with Gasteiger partial charge in [-0.05, 0) is 31.4 Å². The van der Waals surface area contributed by atoms with Crippen molar-refractivity contribution in [2.75, 3.05) is 13.1 Å². The van der Waals surface area contributed by atoms with Crippen molar-refractivity contribution in [2.45, 2.75) is 26.1 Å². The Morgan fingerprint density at radius 2 is 1.86 bits per heavy atom. The van der Waals surface area contributed by atoms with Gasteiger partial charge in [-0.1, -0.05) is 18.2 Å². The van der Waals surface area contributed by atoms with E-state index < -0.39 is 5.63 Å². The third kappa shape index (κ3) is 2.69. The minimum absolute atomic E-state index is 0.0233. The van der Waals surface area contributed by atoms with Crippen LogP contribution in [0, 0.1) is 0 Å². The van der Waals surface area contributed by atoms with Crippen LogP contribution in [0.15, 0.2) is 39.5 Å². The van der Waals surface area contributed by atoms with Crippen molar-refractivity contribution in [3.63, 3.8) is 0 Å². The summed E-state index contributed by atoms with van der Waals surface area (Å²) in [4.78, 5) is 26.2. The fourth-order valence-electron chi connectivity index (χ4n) is 2.74. The second-order valence-corrected chi connectivity index (χ2v) is 5.45. The summed E-state index contributed by atoms with van der Waals surface area (Å²) in [7, 11) is 0. The standard InChI is InChI=1S/C16H17NO4/c1-10-8-17(9-11(2)20-10)15(18)14-7-12-5-3-4-6-13(12)16(19)21-14/h3-7,10-11H,8-9H2,1-2H3/t10-,11+. The molecule has 0 bridgehead atoms. The Balaban J connectivity index is 1.96. The first-order valence-corrected chi connectivity index (χ1v) is 7.02. The molecule has 1 aliphatic rings. The first-order chi connectivity index (χ1) is 10.0. The van der Waals surface area contributed by atoms with Gasteiger partial charge in [0.25, 0.3) is 5.91 Å². The van der Waals surface area contributed by atoms with Crippen molar-refractivity contribution >= 4 is 16.7 Å². The Kier molecular flexibility index (Phi) is 3.51. The van der Waals surface area contributed by atoms with Gasteiger partial charge in [0.05, 0.1) is 17.6 Å². The molecule has 1 aromatic carbocycles. The van der Waals surface area contributed by atoms with Gasteiger partial charge in [0.1, 0.15) is 0 Å². The van der Waals surface area contributed by atoms with Crippen LogP contribution in [-0.2, 0) is 4.74 Å². The molecule has 1 amide bonds. The molecule has 2 heterocycles. The predicted molar refractivity (Wildman–Crippen MR) is 78.4 cm³/mol. The molecule has 0 unspecified atom stereocenters. The summed E-state index contributed by atoms with van der Waals surface area (Å²) in [6.07, 6.45) is -0.0465. The van der Waals surface area contributed by atoms with Gasteiger partial charge in [-0.3, -0.25) is 4.79 Å². The van der Waals surface area contributed by atoms with Crippen molar-refractivity contribution in [2.24, 2.45) is 0 Å². The van der Waals surface area contributed by atoms with E-state index in [1.165, 1.54) is 0 Å². The van der Waals surface area contributed by atoms with Crippen LogP contribution >= 0.6 is 0 Å². The van der Waals surface area contributed by atoms with E-state index in [9.17, 15) is 9.59 Å². The number of rotatable bonds is 1. The Morgan fingerprint density at radius 1 is 1.19 bits per heavy atom. The van der Waals surface area contributed by atoms with Crippen LogP contribution in [0.25, 0.3) is 10.8 Å². The molecule has 3 rings (SSSR count). The van der Waals surface area contributed by atoms with Gasteiger partial charge in [0.2, 0.25) is 0 Å². The van der Waals surface area contributed by atoms with E-state index in [2.05, 4.69) is 0 Å². The number of fused-ring (bicyclic) bond motifs is 1. The average molecular weight is 287 g/mol. The molecule has 5 heteroatoms. The van der Waals surface area contributed by atoms with Gasteiger partial charge in [-0.2, -0.15) is 0 Å². The molecular formula is C16H17NO4. The van der Waals surface area contributed by atoms with Crippen LogP contribution in [0.2, 0.25) is 0 Å². The summed E-state index contributed by atoms with van der Waals surface area (Å²) in [5.74, 6) is -0.181. The van der Waals surface area contributed by atoms with E-state index in [-0.39, 0.29) is 23.9 Å². The van der Waals surface area contributed by atoms with Gasteiger partial charge in [-0.25, -0.2) is 4.79 Å². The van der Waals surface area contributed by atoms with Crippen LogP contribution in [0.1, 0.15) is 24.4 Å². The number of morpholine rings is 1. The van der Waals surface area contributed by atoms with Gasteiger partial charge in [0, 0.05) is 13.1 Å². The number of nitrogens with zero attached hydrogens (tertiary/aromatic N) is 1. The van der Waals surface area contributed by atoms with Crippen molar-refractivity contribution in [3.8, 4) is 0 Å². The SMILES string of the molecule is C[C@@H]1CN(C(=O)c2cc3ccccc3c(=O)o2)C[C@H](C)O1. The predicted octanol–water partition coefficient (Wildman–Crippen LogP) is 2.04. The zero-order valence-corrected chi connectivity index (χ0v) is 12.0. The van der Waals surface area contributed by atoms with Gasteiger partial charge in [0.15, 0.2) is 5.76 Å². The summed E-state index contributed by atoms with van der Waals surface area (Å²) < 4.78 is 10.8. The molecule has 2 atom stereocenters. The molecule has 0 radical (unpaired) electrons. The van der Waals surface area contributed by atoms with Crippen LogP contribution < -0.4 is 5.63 Å². The van der Waals surface area contributed by atoms with Gasteiger partial charge >= 0.3 is 5.63 Å². The van der Waals surface area contributed by atoms with E-state index in [1.807, 2.05) is 19.9 Å². The van der Waals surface area contributed by atoms with E-state index in [0.29, 0.717) is 23.9 Å². The van der Waals surface area contributed by atoms with Gasteiger partial charge in [-0.15, -0.1) is 0 Å². The molecule has 1 saturated heterocycles. The summed E-state index contributed by atoms with van der Waals surface area (Å²) in [6.45, 7) is 4.85. The van der Waals surface area contributed by atoms with Crippen molar-refractivity contribution < 1.29 is 13.9 Å². The summed E-state index contributed by atoms with van der Waals surface area (Å²) >= 11 is 0. The maximum Gasteiger partial charge on any atom is 0.344 e. The maximum absolute atomic E-state index is 12.5. The number of benzene rings is 1. The quantitative estimate of drug-likeness (QED) is 0.805. The van der Waals surface area contributed by atoms with Crippen molar-refractivity contribution in [1.82, 2.24) is 4.90 Å². The number of ether oxygens (including phenoxy) is 1. The number of hydrogen-bond acceptors (Lipinski definition) is 4. The summed E-state index contributed by atoms with van der Waals surface area (Å²) in [6, 6.07) is 8.72.